The Kier molecular flexibility index (Phi) is 4.62. The fourth-order valence-electron chi connectivity index (χ4n) is 0.683. The predicted molar refractivity (Wildman–Crippen MR) is 50.4 cm³/mol. The van der Waals surface area contributed by atoms with E-state index in [0.717, 1.165) is 0 Å². The van der Waals surface area contributed by atoms with Gasteiger partial charge in [-0.1, -0.05) is 0 Å². The van der Waals surface area contributed by atoms with Gasteiger partial charge in [0.15, 0.2) is 0 Å². The van der Waals surface area contributed by atoms with Crippen molar-refractivity contribution in [3.8, 4) is 0 Å². The lowest BCUT2D eigenvalue weighted by Gasteiger charge is -2.22. The Hall–Kier alpha value is -1.59. The Morgan fingerprint density at radius 3 is 2.36 bits per heavy atom. The van der Waals surface area contributed by atoms with Crippen LogP contribution >= 0.6 is 0 Å². The molecule has 14 heavy (non-hydrogen) atoms. The summed E-state index contributed by atoms with van der Waals surface area (Å²) in [6, 6.07) is 0. The van der Waals surface area contributed by atoms with Crippen LogP contribution in [0.1, 0.15) is 13.8 Å². The van der Waals surface area contributed by atoms with Gasteiger partial charge in [-0.3, -0.25) is 14.4 Å². The lowest BCUT2D eigenvalue weighted by Crippen LogP contribution is -2.53. The molecule has 3 amide bonds. The van der Waals surface area contributed by atoms with Crippen LogP contribution in [0.4, 0.5) is 0 Å². The molecule has 0 spiro atoms. The first-order valence-corrected chi connectivity index (χ1v) is 4.14. The molecule has 0 atom stereocenters. The summed E-state index contributed by atoms with van der Waals surface area (Å²) in [7, 11) is 1.48. The summed E-state index contributed by atoms with van der Waals surface area (Å²) < 4.78 is 0. The van der Waals surface area contributed by atoms with E-state index in [1.807, 2.05) is 0 Å². The second-order valence-electron chi connectivity index (χ2n) is 3.24. The van der Waals surface area contributed by atoms with Gasteiger partial charge in [0.2, 0.25) is 18.2 Å². The third kappa shape index (κ3) is 3.88. The van der Waals surface area contributed by atoms with Crippen LogP contribution < -0.4 is 16.0 Å². The largest absolute Gasteiger partial charge is 0.358 e. The molecule has 0 saturated heterocycles. The quantitative estimate of drug-likeness (QED) is 0.467. The molecular formula is C8H15N3O3. The van der Waals surface area contributed by atoms with E-state index in [9.17, 15) is 14.4 Å². The number of amides is 3. The fraction of sp³-hybridized carbons (Fsp3) is 0.625. The molecule has 0 aliphatic heterocycles. The minimum atomic E-state index is -1.00. The van der Waals surface area contributed by atoms with Crippen molar-refractivity contribution in [3.63, 3.8) is 0 Å². The zero-order chi connectivity index (χ0) is 11.2. The monoisotopic (exact) mass is 201 g/mol. The van der Waals surface area contributed by atoms with E-state index in [0.29, 0.717) is 6.41 Å². The SMILES string of the molecule is CNC(=O)CNC(=O)C(C)(C)NC=O. The number of rotatable bonds is 5. The van der Waals surface area contributed by atoms with E-state index in [1.54, 1.807) is 13.8 Å². The normalized spacial score (nSPS) is 10.2. The Balaban J connectivity index is 4.07. The molecule has 3 N–H and O–H groups in total. The summed E-state index contributed by atoms with van der Waals surface area (Å²) in [5, 5.41) is 7.09. The number of nitrogens with one attached hydrogen (secondary N) is 3. The molecule has 0 rings (SSSR count). The van der Waals surface area contributed by atoms with Crippen LogP contribution in [0.2, 0.25) is 0 Å². The van der Waals surface area contributed by atoms with Crippen molar-refractivity contribution >= 4 is 18.2 Å². The summed E-state index contributed by atoms with van der Waals surface area (Å²) in [6.07, 6.45) is 0.444. The van der Waals surface area contributed by atoms with Gasteiger partial charge in [0.05, 0.1) is 6.54 Å². The zero-order valence-electron chi connectivity index (χ0n) is 8.51. The standard InChI is InChI=1S/C8H15N3O3/c1-8(2,11-5-12)7(14)10-4-6(13)9-3/h5H,4H2,1-3H3,(H,9,13)(H,10,14)(H,11,12). The van der Waals surface area contributed by atoms with Crippen LogP contribution in [-0.4, -0.2) is 37.4 Å². The maximum Gasteiger partial charge on any atom is 0.245 e. The Morgan fingerprint density at radius 1 is 1.36 bits per heavy atom. The lowest BCUT2D eigenvalue weighted by molar-refractivity contribution is -0.130. The van der Waals surface area contributed by atoms with Gasteiger partial charge in [-0.25, -0.2) is 0 Å². The van der Waals surface area contributed by atoms with E-state index in [-0.39, 0.29) is 12.5 Å². The van der Waals surface area contributed by atoms with Gasteiger partial charge < -0.3 is 16.0 Å². The van der Waals surface area contributed by atoms with Crippen molar-refractivity contribution in [2.24, 2.45) is 0 Å². The molecule has 80 valence electrons. The summed E-state index contributed by atoms with van der Waals surface area (Å²) in [4.78, 5) is 32.3. The molecule has 0 bridgehead atoms. The van der Waals surface area contributed by atoms with E-state index < -0.39 is 11.4 Å². The number of carbonyl (C=O) groups is 3. The van der Waals surface area contributed by atoms with Crippen LogP contribution in [0.15, 0.2) is 0 Å². The van der Waals surface area contributed by atoms with Gasteiger partial charge in [-0.15, -0.1) is 0 Å². The van der Waals surface area contributed by atoms with Gasteiger partial charge in [0, 0.05) is 7.05 Å². The Labute approximate surface area is 82.4 Å². The molecule has 0 heterocycles. The van der Waals surface area contributed by atoms with Crippen molar-refractivity contribution in [1.82, 2.24) is 16.0 Å². The molecule has 6 heteroatoms. The van der Waals surface area contributed by atoms with Crippen LogP contribution in [0, 0.1) is 0 Å². The van der Waals surface area contributed by atoms with Gasteiger partial charge in [-0.2, -0.15) is 0 Å². The maximum absolute atomic E-state index is 11.4. The topological polar surface area (TPSA) is 87.3 Å². The fourth-order valence-corrected chi connectivity index (χ4v) is 0.683. The van der Waals surface area contributed by atoms with Gasteiger partial charge in [0.1, 0.15) is 5.54 Å². The van der Waals surface area contributed by atoms with Gasteiger partial charge >= 0.3 is 0 Å². The second-order valence-corrected chi connectivity index (χ2v) is 3.24. The predicted octanol–water partition coefficient (Wildman–Crippen LogP) is -1.63. The van der Waals surface area contributed by atoms with Crippen molar-refractivity contribution < 1.29 is 14.4 Å². The zero-order valence-corrected chi connectivity index (χ0v) is 8.51. The number of hydrogen-bond donors (Lipinski definition) is 3. The van der Waals surface area contributed by atoms with Gasteiger partial charge in [-0.05, 0) is 13.8 Å². The summed E-state index contributed by atoms with van der Waals surface area (Å²) in [6.45, 7) is 2.99. The minimum absolute atomic E-state index is 0.0979. The number of carbonyl (C=O) groups excluding carboxylic acids is 3. The summed E-state index contributed by atoms with van der Waals surface area (Å²) >= 11 is 0. The van der Waals surface area contributed by atoms with Gasteiger partial charge in [0.25, 0.3) is 0 Å². The first-order valence-electron chi connectivity index (χ1n) is 4.14. The van der Waals surface area contributed by atoms with Crippen LogP contribution in [0.25, 0.3) is 0 Å². The molecule has 0 fully saturated rings. The Morgan fingerprint density at radius 2 is 1.93 bits per heavy atom. The number of likely N-dealkylation sites (N-methyl/N-ethyl adjacent to an activating group) is 1. The van der Waals surface area contributed by atoms with E-state index in [4.69, 9.17) is 0 Å². The molecule has 0 aliphatic rings. The molecule has 0 aromatic heterocycles. The van der Waals surface area contributed by atoms with Crippen LogP contribution in [0.5, 0.6) is 0 Å². The third-order valence-corrected chi connectivity index (χ3v) is 1.68. The molecule has 6 nitrogen and oxygen atoms in total. The van der Waals surface area contributed by atoms with Crippen LogP contribution in [0.3, 0.4) is 0 Å². The Bertz CT molecular complexity index is 238. The smallest absolute Gasteiger partial charge is 0.245 e. The average Bonchev–Trinajstić information content (AvgIpc) is 2.13. The van der Waals surface area contributed by atoms with Crippen molar-refractivity contribution in [2.45, 2.75) is 19.4 Å². The molecular weight excluding hydrogens is 186 g/mol. The van der Waals surface area contributed by atoms with E-state index >= 15 is 0 Å². The van der Waals surface area contributed by atoms with Crippen molar-refractivity contribution in [1.29, 1.82) is 0 Å². The van der Waals surface area contributed by atoms with Crippen LogP contribution in [-0.2, 0) is 14.4 Å². The molecule has 0 saturated carbocycles. The van der Waals surface area contributed by atoms with Crippen molar-refractivity contribution in [3.05, 3.63) is 0 Å². The lowest BCUT2D eigenvalue weighted by atomic mass is 10.1. The highest BCUT2D eigenvalue weighted by atomic mass is 16.2. The molecule has 0 aromatic carbocycles. The number of hydrogen-bond acceptors (Lipinski definition) is 3. The summed E-state index contributed by atoms with van der Waals surface area (Å²) in [5.41, 5.74) is -1.00. The molecule has 0 aliphatic carbocycles. The molecule has 0 radical (unpaired) electrons. The second kappa shape index (κ2) is 5.21. The minimum Gasteiger partial charge on any atom is -0.358 e. The highest BCUT2D eigenvalue weighted by molar-refractivity contribution is 5.90. The molecule has 0 unspecified atom stereocenters. The summed E-state index contributed by atoms with van der Waals surface area (Å²) in [5.74, 6) is -0.701. The first-order chi connectivity index (χ1) is 6.44. The van der Waals surface area contributed by atoms with Crippen molar-refractivity contribution in [2.75, 3.05) is 13.6 Å². The highest BCUT2D eigenvalue weighted by Crippen LogP contribution is 1.99. The highest BCUT2D eigenvalue weighted by Gasteiger charge is 2.26. The third-order valence-electron chi connectivity index (χ3n) is 1.68. The maximum atomic E-state index is 11.4. The van der Waals surface area contributed by atoms with E-state index in [2.05, 4.69) is 16.0 Å². The first kappa shape index (κ1) is 12.4. The average molecular weight is 201 g/mol. The van der Waals surface area contributed by atoms with E-state index in [1.165, 1.54) is 7.05 Å². The molecule has 0 aromatic rings.